The Bertz CT molecular complexity index is 825. The summed E-state index contributed by atoms with van der Waals surface area (Å²) in [7, 11) is 0. The number of benzene rings is 1. The van der Waals surface area contributed by atoms with Crippen LogP contribution in [0.4, 0.5) is 5.69 Å². The number of hydrogen-bond donors (Lipinski definition) is 1. The zero-order chi connectivity index (χ0) is 20.4. The van der Waals surface area contributed by atoms with Gasteiger partial charge in [0, 0.05) is 11.8 Å². The molecule has 4 aliphatic heterocycles. The van der Waals surface area contributed by atoms with Gasteiger partial charge in [0.05, 0.1) is 0 Å². The van der Waals surface area contributed by atoms with Crippen LogP contribution in [0.5, 0.6) is 11.5 Å². The number of anilines is 1. The Morgan fingerprint density at radius 2 is 1.55 bits per heavy atom. The van der Waals surface area contributed by atoms with Gasteiger partial charge >= 0.3 is 0 Å². The quantitative estimate of drug-likeness (QED) is 0.793. The molecule has 3 saturated heterocycles. The molecule has 5 atom stereocenters. The first-order chi connectivity index (χ1) is 13.7. The van der Waals surface area contributed by atoms with Gasteiger partial charge in [-0.2, -0.15) is 0 Å². The van der Waals surface area contributed by atoms with Gasteiger partial charge in [-0.3, -0.25) is 4.79 Å². The van der Waals surface area contributed by atoms with Crippen LogP contribution in [0, 0.1) is 0 Å². The third-order valence-electron chi connectivity index (χ3n) is 5.22. The number of ether oxygens (including phenoxy) is 7. The van der Waals surface area contributed by atoms with Gasteiger partial charge < -0.3 is 38.5 Å². The summed E-state index contributed by atoms with van der Waals surface area (Å²) in [5.41, 5.74) is 0.573. The Kier molecular flexibility index (Phi) is 4.31. The third-order valence-corrected chi connectivity index (χ3v) is 5.22. The molecule has 0 aliphatic carbocycles. The van der Waals surface area contributed by atoms with Crippen LogP contribution in [0.25, 0.3) is 0 Å². The van der Waals surface area contributed by atoms with E-state index in [0.717, 1.165) is 0 Å². The molecule has 0 unspecified atom stereocenters. The maximum absolute atomic E-state index is 13.1. The van der Waals surface area contributed by atoms with Crippen LogP contribution in [0.1, 0.15) is 27.7 Å². The van der Waals surface area contributed by atoms with Crippen molar-refractivity contribution < 1.29 is 38.0 Å². The summed E-state index contributed by atoms with van der Waals surface area (Å²) < 4.78 is 40.9. The van der Waals surface area contributed by atoms with E-state index < -0.39 is 42.3 Å². The average Bonchev–Trinajstić information content (AvgIpc) is 3.14. The molecule has 0 radical (unpaired) electrons. The van der Waals surface area contributed by atoms with Gasteiger partial charge in [-0.1, -0.05) is 0 Å². The highest BCUT2D eigenvalue weighted by Gasteiger charge is 2.62. The van der Waals surface area contributed by atoms with Crippen molar-refractivity contribution in [3.8, 4) is 11.5 Å². The molecule has 1 aromatic rings. The van der Waals surface area contributed by atoms with Gasteiger partial charge in [-0.25, -0.2) is 0 Å². The van der Waals surface area contributed by atoms with Crippen LogP contribution in [-0.4, -0.2) is 61.4 Å². The van der Waals surface area contributed by atoms with Gasteiger partial charge in [0.25, 0.3) is 5.91 Å². The van der Waals surface area contributed by atoms with Crippen molar-refractivity contribution >= 4 is 11.6 Å². The van der Waals surface area contributed by atoms with E-state index in [4.69, 9.17) is 33.2 Å². The summed E-state index contributed by atoms with van der Waals surface area (Å²) in [5, 5.41) is 2.87. The summed E-state index contributed by atoms with van der Waals surface area (Å²) in [6, 6.07) is 5.24. The predicted octanol–water partition coefficient (Wildman–Crippen LogP) is 1.79. The number of hydrogen-bond acceptors (Lipinski definition) is 8. The van der Waals surface area contributed by atoms with E-state index in [0.29, 0.717) is 30.4 Å². The number of nitrogens with one attached hydrogen (secondary N) is 1. The fourth-order valence-electron chi connectivity index (χ4n) is 4.16. The van der Waals surface area contributed by atoms with Crippen molar-refractivity contribution in [2.45, 2.75) is 70.0 Å². The largest absolute Gasteiger partial charge is 0.486 e. The van der Waals surface area contributed by atoms with Crippen LogP contribution in [-0.2, 0) is 28.5 Å². The van der Waals surface area contributed by atoms with Gasteiger partial charge in [0.1, 0.15) is 31.5 Å². The lowest BCUT2D eigenvalue weighted by molar-refractivity contribution is -0.229. The van der Waals surface area contributed by atoms with E-state index in [1.165, 1.54) is 0 Å². The Labute approximate surface area is 168 Å². The number of carbonyl (C=O) groups excluding carboxylic acids is 1. The first kappa shape index (κ1) is 19.1. The van der Waals surface area contributed by atoms with Crippen LogP contribution in [0.15, 0.2) is 18.2 Å². The maximum Gasteiger partial charge on any atom is 0.256 e. The maximum atomic E-state index is 13.1. The molecule has 29 heavy (non-hydrogen) atoms. The second-order valence-electron chi connectivity index (χ2n) is 8.44. The molecule has 3 fully saturated rings. The molecular formula is C20H25NO8. The van der Waals surface area contributed by atoms with Crippen LogP contribution in [0.3, 0.4) is 0 Å². The summed E-state index contributed by atoms with van der Waals surface area (Å²) >= 11 is 0. The SMILES string of the molecule is CC1(C)O[C@@H]2O[C@@H](C(=O)Nc3ccc4c(c3)OCCO4)[C@H]3OC(C)(C)O[C@H]3[C@@H]2O1. The zero-order valence-electron chi connectivity index (χ0n) is 16.8. The summed E-state index contributed by atoms with van der Waals surface area (Å²) in [5.74, 6) is -0.813. The van der Waals surface area contributed by atoms with E-state index in [1.807, 2.05) is 0 Å². The molecule has 1 aromatic carbocycles. The molecule has 5 rings (SSSR count). The number of fused-ring (bicyclic) bond motifs is 4. The number of amides is 1. The molecule has 0 aromatic heterocycles. The van der Waals surface area contributed by atoms with Crippen LogP contribution >= 0.6 is 0 Å². The van der Waals surface area contributed by atoms with Crippen LogP contribution in [0.2, 0.25) is 0 Å². The molecule has 4 heterocycles. The van der Waals surface area contributed by atoms with Crippen molar-refractivity contribution in [1.29, 1.82) is 0 Å². The molecule has 158 valence electrons. The smallest absolute Gasteiger partial charge is 0.256 e. The standard InChI is InChI=1S/C20H25NO8/c1-19(2)26-13-14(27-19)16-18(29-20(3,4)28-16)25-15(13)17(22)21-10-5-6-11-12(9-10)24-8-7-23-11/h5-6,9,13-16,18H,7-8H2,1-4H3,(H,21,22)/t13-,14+,15+,16-,18-/m0/s1. The Morgan fingerprint density at radius 1 is 0.897 bits per heavy atom. The van der Waals surface area contributed by atoms with E-state index in [2.05, 4.69) is 5.32 Å². The fourth-order valence-corrected chi connectivity index (χ4v) is 4.16. The first-order valence-electron chi connectivity index (χ1n) is 9.78. The molecule has 9 nitrogen and oxygen atoms in total. The molecular weight excluding hydrogens is 382 g/mol. The Balaban J connectivity index is 1.37. The lowest BCUT2D eigenvalue weighted by Gasteiger charge is -2.36. The van der Waals surface area contributed by atoms with Crippen molar-refractivity contribution in [3.05, 3.63) is 18.2 Å². The summed E-state index contributed by atoms with van der Waals surface area (Å²) in [4.78, 5) is 13.1. The second kappa shape index (κ2) is 6.55. The lowest BCUT2D eigenvalue weighted by atomic mass is 9.98. The third kappa shape index (κ3) is 3.47. The molecule has 0 spiro atoms. The van der Waals surface area contributed by atoms with Gasteiger partial charge in [0.2, 0.25) is 0 Å². The second-order valence-corrected chi connectivity index (χ2v) is 8.44. The van der Waals surface area contributed by atoms with Crippen molar-refractivity contribution in [3.63, 3.8) is 0 Å². The van der Waals surface area contributed by atoms with E-state index >= 15 is 0 Å². The van der Waals surface area contributed by atoms with Gasteiger partial charge in [0.15, 0.2) is 35.5 Å². The van der Waals surface area contributed by atoms with Crippen molar-refractivity contribution in [2.75, 3.05) is 18.5 Å². The van der Waals surface area contributed by atoms with Crippen molar-refractivity contribution in [1.82, 2.24) is 0 Å². The minimum atomic E-state index is -0.922. The van der Waals surface area contributed by atoms with Crippen LogP contribution < -0.4 is 14.8 Å². The van der Waals surface area contributed by atoms with Gasteiger partial charge in [-0.15, -0.1) is 0 Å². The number of rotatable bonds is 2. The highest BCUT2D eigenvalue weighted by molar-refractivity contribution is 5.95. The minimum absolute atomic E-state index is 0.357. The highest BCUT2D eigenvalue weighted by Crippen LogP contribution is 2.44. The van der Waals surface area contributed by atoms with E-state index in [-0.39, 0.29) is 5.91 Å². The van der Waals surface area contributed by atoms with E-state index in [9.17, 15) is 4.79 Å². The highest BCUT2D eigenvalue weighted by atomic mass is 16.9. The number of carbonyl (C=O) groups is 1. The average molecular weight is 407 g/mol. The molecule has 9 heteroatoms. The first-order valence-corrected chi connectivity index (χ1v) is 9.78. The van der Waals surface area contributed by atoms with E-state index in [1.54, 1.807) is 45.9 Å². The molecule has 0 saturated carbocycles. The lowest BCUT2D eigenvalue weighted by Crippen LogP contribution is -2.58. The fraction of sp³-hybridized carbons (Fsp3) is 0.650. The van der Waals surface area contributed by atoms with Crippen molar-refractivity contribution in [2.24, 2.45) is 0 Å². The summed E-state index contributed by atoms with van der Waals surface area (Å²) in [6.45, 7) is 8.18. The van der Waals surface area contributed by atoms with Gasteiger partial charge in [-0.05, 0) is 39.8 Å². The monoisotopic (exact) mass is 407 g/mol. The predicted molar refractivity (Wildman–Crippen MR) is 98.6 cm³/mol. The topological polar surface area (TPSA) is 93.7 Å². The molecule has 1 N–H and O–H groups in total. The minimum Gasteiger partial charge on any atom is -0.486 e. The molecule has 4 aliphatic rings. The Hall–Kier alpha value is -1.91. The summed E-state index contributed by atoms with van der Waals surface area (Å²) in [6.07, 6.45) is -3.23. The molecule has 1 amide bonds. The molecule has 0 bridgehead atoms. The zero-order valence-corrected chi connectivity index (χ0v) is 16.8. The normalized spacial score (nSPS) is 36.2. The Morgan fingerprint density at radius 3 is 2.34 bits per heavy atom.